The number of amides is 1. The summed E-state index contributed by atoms with van der Waals surface area (Å²) in [5.41, 5.74) is 1.45. The highest BCUT2D eigenvalue weighted by molar-refractivity contribution is 7.13. The summed E-state index contributed by atoms with van der Waals surface area (Å²) in [6.07, 6.45) is 4.45. The summed E-state index contributed by atoms with van der Waals surface area (Å²) < 4.78 is 5.29. The molecule has 5 nitrogen and oxygen atoms in total. The van der Waals surface area contributed by atoms with Gasteiger partial charge in [0, 0.05) is 42.4 Å². The quantitative estimate of drug-likeness (QED) is 0.934. The highest BCUT2D eigenvalue weighted by Crippen LogP contribution is 2.22. The van der Waals surface area contributed by atoms with Crippen LogP contribution in [0, 0.1) is 5.92 Å². The molecule has 1 aliphatic heterocycles. The first-order valence-corrected chi connectivity index (χ1v) is 7.43. The third-order valence-electron chi connectivity index (χ3n) is 3.24. The normalized spacial score (nSPS) is 18.1. The van der Waals surface area contributed by atoms with Gasteiger partial charge in [-0.3, -0.25) is 9.78 Å². The Balaban J connectivity index is 1.62. The molecule has 104 valence electrons. The highest BCUT2D eigenvalue weighted by Gasteiger charge is 2.18. The molecule has 0 radical (unpaired) electrons. The summed E-state index contributed by atoms with van der Waals surface area (Å²) in [4.78, 5) is 20.4. The number of nitrogens with zero attached hydrogens (tertiary/aromatic N) is 2. The Labute approximate surface area is 121 Å². The second-order valence-corrected chi connectivity index (χ2v) is 5.57. The molecule has 2 aromatic rings. The molecule has 1 fully saturated rings. The van der Waals surface area contributed by atoms with Crippen LogP contribution >= 0.6 is 11.3 Å². The van der Waals surface area contributed by atoms with Gasteiger partial charge < -0.3 is 10.1 Å². The van der Waals surface area contributed by atoms with E-state index >= 15 is 0 Å². The van der Waals surface area contributed by atoms with Gasteiger partial charge in [-0.1, -0.05) is 0 Å². The molecule has 0 unspecified atom stereocenters. The van der Waals surface area contributed by atoms with Gasteiger partial charge in [0.2, 0.25) is 0 Å². The van der Waals surface area contributed by atoms with Gasteiger partial charge in [0.1, 0.15) is 10.7 Å². The number of pyridine rings is 1. The fourth-order valence-corrected chi connectivity index (χ4v) is 2.88. The topological polar surface area (TPSA) is 64.1 Å². The largest absolute Gasteiger partial charge is 0.381 e. The average Bonchev–Trinajstić information content (AvgIpc) is 3.17. The first-order valence-electron chi connectivity index (χ1n) is 6.55. The zero-order valence-electron chi connectivity index (χ0n) is 10.9. The molecule has 1 amide bonds. The minimum atomic E-state index is -0.117. The zero-order chi connectivity index (χ0) is 13.8. The lowest BCUT2D eigenvalue weighted by Gasteiger charge is -2.07. The van der Waals surface area contributed by atoms with Crippen molar-refractivity contribution in [2.45, 2.75) is 6.42 Å². The van der Waals surface area contributed by atoms with Gasteiger partial charge in [0.25, 0.3) is 5.91 Å². The highest BCUT2D eigenvalue weighted by atomic mass is 32.1. The first kappa shape index (κ1) is 13.2. The second-order valence-electron chi connectivity index (χ2n) is 4.71. The van der Waals surface area contributed by atoms with Crippen molar-refractivity contribution < 1.29 is 9.53 Å². The van der Waals surface area contributed by atoms with E-state index in [0.717, 1.165) is 30.2 Å². The predicted molar refractivity (Wildman–Crippen MR) is 76.6 cm³/mol. The molecule has 1 atom stereocenters. The monoisotopic (exact) mass is 289 g/mol. The maximum atomic E-state index is 12.0. The van der Waals surface area contributed by atoms with Gasteiger partial charge in [-0.15, -0.1) is 11.3 Å². The smallest absolute Gasteiger partial charge is 0.270 e. The van der Waals surface area contributed by atoms with Crippen LogP contribution in [-0.2, 0) is 4.74 Å². The minimum absolute atomic E-state index is 0.117. The predicted octanol–water partition coefficient (Wildman–Crippen LogP) is 1.97. The van der Waals surface area contributed by atoms with Crippen LogP contribution in [0.25, 0.3) is 10.6 Å². The summed E-state index contributed by atoms with van der Waals surface area (Å²) in [5, 5.41) is 5.54. The molecule has 3 heterocycles. The molecule has 2 aromatic heterocycles. The third-order valence-corrected chi connectivity index (χ3v) is 4.13. The lowest BCUT2D eigenvalue weighted by atomic mass is 10.1. The summed E-state index contributed by atoms with van der Waals surface area (Å²) in [6, 6.07) is 3.77. The van der Waals surface area contributed by atoms with Crippen molar-refractivity contribution in [3.63, 3.8) is 0 Å². The summed E-state index contributed by atoms with van der Waals surface area (Å²) in [7, 11) is 0. The van der Waals surface area contributed by atoms with E-state index in [2.05, 4.69) is 15.3 Å². The molecule has 6 heteroatoms. The van der Waals surface area contributed by atoms with Crippen LogP contribution in [0.1, 0.15) is 16.9 Å². The lowest BCUT2D eigenvalue weighted by Crippen LogP contribution is -2.29. The Hall–Kier alpha value is -1.79. The zero-order valence-corrected chi connectivity index (χ0v) is 11.7. The standard InChI is InChI=1S/C14H15N3O2S/c18-13(16-7-10-3-6-19-8-10)12-9-20-14(17-12)11-1-4-15-5-2-11/h1-2,4-5,9-10H,3,6-8H2,(H,16,18)/t10-/m1/s1. The summed E-state index contributed by atoms with van der Waals surface area (Å²) >= 11 is 1.46. The number of carbonyl (C=O) groups is 1. The molecular weight excluding hydrogens is 274 g/mol. The van der Waals surface area contributed by atoms with E-state index in [0.29, 0.717) is 18.2 Å². The van der Waals surface area contributed by atoms with E-state index in [9.17, 15) is 4.79 Å². The van der Waals surface area contributed by atoms with Crippen LogP contribution in [0.3, 0.4) is 0 Å². The molecule has 20 heavy (non-hydrogen) atoms. The minimum Gasteiger partial charge on any atom is -0.381 e. The number of ether oxygens (including phenoxy) is 1. The molecule has 0 bridgehead atoms. The molecule has 1 N–H and O–H groups in total. The maximum Gasteiger partial charge on any atom is 0.270 e. The summed E-state index contributed by atoms with van der Waals surface area (Å²) in [5.74, 6) is 0.311. The molecule has 1 aliphatic rings. The number of thiazole rings is 1. The number of hydrogen-bond donors (Lipinski definition) is 1. The number of hydrogen-bond acceptors (Lipinski definition) is 5. The molecule has 0 spiro atoms. The van der Waals surface area contributed by atoms with Crippen LogP contribution in [0.2, 0.25) is 0 Å². The van der Waals surface area contributed by atoms with Crippen LogP contribution in [0.4, 0.5) is 0 Å². The van der Waals surface area contributed by atoms with E-state index in [1.54, 1.807) is 17.8 Å². The molecule has 1 saturated heterocycles. The third kappa shape index (κ3) is 3.02. The van der Waals surface area contributed by atoms with Crippen molar-refractivity contribution in [1.82, 2.24) is 15.3 Å². The molecule has 0 aromatic carbocycles. The SMILES string of the molecule is O=C(NC[C@H]1CCOC1)c1csc(-c2ccncc2)n1. The van der Waals surface area contributed by atoms with Gasteiger partial charge in [-0.2, -0.15) is 0 Å². The van der Waals surface area contributed by atoms with E-state index in [1.165, 1.54) is 11.3 Å². The van der Waals surface area contributed by atoms with Gasteiger partial charge in [-0.25, -0.2) is 4.98 Å². The van der Waals surface area contributed by atoms with Crippen molar-refractivity contribution in [3.05, 3.63) is 35.6 Å². The Bertz CT molecular complexity index is 579. The van der Waals surface area contributed by atoms with Crippen molar-refractivity contribution in [2.24, 2.45) is 5.92 Å². The van der Waals surface area contributed by atoms with Gasteiger partial charge in [0.15, 0.2) is 0 Å². The van der Waals surface area contributed by atoms with Crippen molar-refractivity contribution >= 4 is 17.2 Å². The van der Waals surface area contributed by atoms with Gasteiger partial charge in [-0.05, 0) is 18.6 Å². The number of nitrogens with one attached hydrogen (secondary N) is 1. The van der Waals surface area contributed by atoms with Gasteiger partial charge in [0.05, 0.1) is 6.61 Å². The van der Waals surface area contributed by atoms with Crippen LogP contribution in [0.5, 0.6) is 0 Å². The Kier molecular flexibility index (Phi) is 4.03. The van der Waals surface area contributed by atoms with E-state index in [-0.39, 0.29) is 5.91 Å². The number of rotatable bonds is 4. The lowest BCUT2D eigenvalue weighted by molar-refractivity contribution is 0.0941. The summed E-state index contributed by atoms with van der Waals surface area (Å²) in [6.45, 7) is 2.18. The fraction of sp³-hybridized carbons (Fsp3) is 0.357. The molecular formula is C14H15N3O2S. The Morgan fingerprint density at radius 3 is 3.05 bits per heavy atom. The molecule has 0 saturated carbocycles. The molecule has 0 aliphatic carbocycles. The number of aromatic nitrogens is 2. The van der Waals surface area contributed by atoms with Crippen molar-refractivity contribution in [1.29, 1.82) is 0 Å². The Morgan fingerprint density at radius 1 is 1.45 bits per heavy atom. The van der Waals surface area contributed by atoms with Crippen molar-refractivity contribution in [3.8, 4) is 10.6 Å². The second kappa shape index (κ2) is 6.11. The van der Waals surface area contributed by atoms with Crippen LogP contribution in [-0.4, -0.2) is 35.6 Å². The van der Waals surface area contributed by atoms with Crippen LogP contribution in [0.15, 0.2) is 29.9 Å². The first-order chi connectivity index (χ1) is 9.83. The van der Waals surface area contributed by atoms with Crippen molar-refractivity contribution in [2.75, 3.05) is 19.8 Å². The fourth-order valence-electron chi connectivity index (χ4n) is 2.08. The Morgan fingerprint density at radius 2 is 2.30 bits per heavy atom. The average molecular weight is 289 g/mol. The maximum absolute atomic E-state index is 12.0. The van der Waals surface area contributed by atoms with E-state index in [1.807, 2.05) is 12.1 Å². The van der Waals surface area contributed by atoms with Gasteiger partial charge >= 0.3 is 0 Å². The molecule has 3 rings (SSSR count). The number of carbonyl (C=O) groups excluding carboxylic acids is 1. The van der Waals surface area contributed by atoms with E-state index < -0.39 is 0 Å². The van der Waals surface area contributed by atoms with E-state index in [4.69, 9.17) is 4.74 Å². The van der Waals surface area contributed by atoms with Crippen LogP contribution < -0.4 is 5.32 Å².